The zero-order valence-corrected chi connectivity index (χ0v) is 24.7. The number of likely N-dealkylation sites (N-methyl/N-ethyl adjacent to an activating group) is 1. The fourth-order valence-electron chi connectivity index (χ4n) is 4.91. The van der Waals surface area contributed by atoms with Crippen LogP contribution in [0.4, 0.5) is 0 Å². The minimum absolute atomic E-state index is 0.0632. The summed E-state index contributed by atoms with van der Waals surface area (Å²) in [4.78, 5) is 45.8. The number of hydrogen-bond acceptors (Lipinski definition) is 6. The molecule has 214 valence electrons. The number of aromatic nitrogens is 2. The zero-order chi connectivity index (χ0) is 29.4. The maximum Gasteiger partial charge on any atom is 0.307 e. The van der Waals surface area contributed by atoms with Gasteiger partial charge in [0.05, 0.1) is 19.6 Å². The molecule has 0 fully saturated rings. The van der Waals surface area contributed by atoms with Crippen LogP contribution in [0.1, 0.15) is 61.0 Å². The third-order valence-corrected chi connectivity index (χ3v) is 7.03. The van der Waals surface area contributed by atoms with Gasteiger partial charge in [-0.15, -0.1) is 0 Å². The van der Waals surface area contributed by atoms with Crippen molar-refractivity contribution in [2.24, 2.45) is 5.92 Å². The highest BCUT2D eigenvalue weighted by atomic mass is 16.5. The van der Waals surface area contributed by atoms with E-state index in [2.05, 4.69) is 15.2 Å². The fourth-order valence-corrected chi connectivity index (χ4v) is 4.91. The minimum atomic E-state index is -0.735. The van der Waals surface area contributed by atoms with Crippen molar-refractivity contribution >= 4 is 11.9 Å². The Morgan fingerprint density at radius 3 is 2.40 bits per heavy atom. The lowest BCUT2D eigenvalue weighted by Gasteiger charge is -2.26. The molecule has 1 aromatic carbocycles. The largest absolute Gasteiger partial charge is 0.469 e. The van der Waals surface area contributed by atoms with Crippen molar-refractivity contribution in [3.63, 3.8) is 0 Å². The summed E-state index contributed by atoms with van der Waals surface area (Å²) in [7, 11) is 5.32. The van der Waals surface area contributed by atoms with Crippen LogP contribution in [-0.2, 0) is 20.7 Å². The molecule has 1 unspecified atom stereocenters. The second kappa shape index (κ2) is 14.0. The number of aryl methyl sites for hydroxylation is 2. The van der Waals surface area contributed by atoms with Crippen LogP contribution in [-0.4, -0.2) is 54.1 Å². The van der Waals surface area contributed by atoms with E-state index >= 15 is 0 Å². The number of benzene rings is 1. The minimum Gasteiger partial charge on any atom is -0.469 e. The molecule has 0 radical (unpaired) electrons. The van der Waals surface area contributed by atoms with Crippen LogP contribution in [0.2, 0.25) is 0 Å². The van der Waals surface area contributed by atoms with Crippen LogP contribution >= 0.6 is 0 Å². The predicted octanol–water partition coefficient (Wildman–Crippen LogP) is 4.64. The molecule has 0 aliphatic carbocycles. The summed E-state index contributed by atoms with van der Waals surface area (Å²) in [5, 5.41) is 3.06. The van der Waals surface area contributed by atoms with Gasteiger partial charge in [0.25, 0.3) is 5.56 Å². The molecule has 2 atom stereocenters. The van der Waals surface area contributed by atoms with Crippen LogP contribution in [0.5, 0.6) is 0 Å². The summed E-state index contributed by atoms with van der Waals surface area (Å²) in [6, 6.07) is 9.99. The number of carbonyl (C=O) groups excluding carboxylic acids is 2. The Morgan fingerprint density at radius 2 is 1.77 bits per heavy atom. The number of rotatable bonds is 12. The van der Waals surface area contributed by atoms with E-state index in [1.165, 1.54) is 17.7 Å². The van der Waals surface area contributed by atoms with E-state index in [-0.39, 0.29) is 23.8 Å². The molecule has 0 saturated heterocycles. The molecule has 0 bridgehead atoms. The van der Waals surface area contributed by atoms with Crippen LogP contribution in [0.15, 0.2) is 59.8 Å². The summed E-state index contributed by atoms with van der Waals surface area (Å²) in [6.45, 7) is 8.95. The molecular formula is C32H42N4O4. The number of methoxy groups -OCH3 is 1. The molecule has 0 saturated carbocycles. The van der Waals surface area contributed by atoms with Gasteiger partial charge in [-0.3, -0.25) is 19.4 Å². The van der Waals surface area contributed by atoms with E-state index in [1.54, 1.807) is 18.6 Å². The Bertz CT molecular complexity index is 1360. The van der Waals surface area contributed by atoms with Gasteiger partial charge in [0.15, 0.2) is 0 Å². The maximum absolute atomic E-state index is 13.9. The number of esters is 1. The molecule has 2 heterocycles. The highest BCUT2D eigenvalue weighted by Gasteiger charge is 2.27. The molecule has 8 heteroatoms. The van der Waals surface area contributed by atoms with Crippen molar-refractivity contribution in [3.05, 3.63) is 87.6 Å². The Morgan fingerprint density at radius 1 is 1.07 bits per heavy atom. The molecule has 8 nitrogen and oxygen atoms in total. The SMILES string of the molecule is COC(=O)C[C@H](NC(=O)C(CC(C)C)n1cc(CCN(C)C)ccc1=O)c1cncc(-c2c(C)cccc2C)c1. The zero-order valence-electron chi connectivity index (χ0n) is 24.7. The van der Waals surface area contributed by atoms with Crippen LogP contribution < -0.4 is 10.9 Å². The number of nitrogens with one attached hydrogen (secondary N) is 1. The van der Waals surface area contributed by atoms with Crippen molar-refractivity contribution in [2.45, 2.75) is 59.0 Å². The first-order valence-electron chi connectivity index (χ1n) is 13.7. The Labute approximate surface area is 237 Å². The Kier molecular flexibility index (Phi) is 10.8. The van der Waals surface area contributed by atoms with E-state index in [9.17, 15) is 14.4 Å². The molecule has 1 amide bonds. The van der Waals surface area contributed by atoms with E-state index in [4.69, 9.17) is 4.74 Å². The maximum atomic E-state index is 13.9. The number of carbonyl (C=O) groups is 2. The average Bonchev–Trinajstić information content (AvgIpc) is 2.90. The van der Waals surface area contributed by atoms with Crippen molar-refractivity contribution in [3.8, 4) is 11.1 Å². The molecule has 2 aromatic heterocycles. The molecule has 40 heavy (non-hydrogen) atoms. The van der Waals surface area contributed by atoms with Gasteiger partial charge < -0.3 is 19.5 Å². The molecule has 0 aliphatic heterocycles. The van der Waals surface area contributed by atoms with Gasteiger partial charge in [-0.25, -0.2) is 0 Å². The van der Waals surface area contributed by atoms with Gasteiger partial charge in [0.2, 0.25) is 5.91 Å². The van der Waals surface area contributed by atoms with E-state index in [0.29, 0.717) is 12.0 Å². The molecular weight excluding hydrogens is 504 g/mol. The molecule has 3 rings (SSSR count). The highest BCUT2D eigenvalue weighted by molar-refractivity contribution is 5.82. The van der Waals surface area contributed by atoms with Gasteiger partial charge in [-0.05, 0) is 80.6 Å². The van der Waals surface area contributed by atoms with E-state index in [0.717, 1.165) is 40.8 Å². The predicted molar refractivity (Wildman–Crippen MR) is 158 cm³/mol. The average molecular weight is 547 g/mol. The number of hydrogen-bond donors (Lipinski definition) is 1. The first kappa shape index (κ1) is 30.8. The Balaban J connectivity index is 1.99. The van der Waals surface area contributed by atoms with Gasteiger partial charge >= 0.3 is 5.97 Å². The van der Waals surface area contributed by atoms with Crippen molar-refractivity contribution < 1.29 is 14.3 Å². The lowest BCUT2D eigenvalue weighted by atomic mass is 9.94. The molecule has 0 aliphatic rings. The van der Waals surface area contributed by atoms with Gasteiger partial charge in [0, 0.05) is 36.8 Å². The first-order chi connectivity index (χ1) is 19.0. The summed E-state index contributed by atoms with van der Waals surface area (Å²) in [5.41, 5.74) is 5.62. The highest BCUT2D eigenvalue weighted by Crippen LogP contribution is 2.30. The topological polar surface area (TPSA) is 93.5 Å². The lowest BCUT2D eigenvalue weighted by molar-refractivity contribution is -0.141. The quantitative estimate of drug-likeness (QED) is 0.333. The molecule has 0 spiro atoms. The summed E-state index contributed by atoms with van der Waals surface area (Å²) in [6.07, 6.45) is 6.40. The lowest BCUT2D eigenvalue weighted by Crippen LogP contribution is -2.40. The van der Waals surface area contributed by atoms with Crippen LogP contribution in [0, 0.1) is 19.8 Å². The standard InChI is InChI=1S/C32H42N4O4/c1-21(2)15-28(36-20-24(11-12-29(36)37)13-14-35(5)6)32(39)34-27(17-30(38)40-7)25-16-26(19-33-18-25)31-22(3)9-8-10-23(31)4/h8-12,16,18-21,27-28H,13-15,17H2,1-7H3,(H,34,39)/t27-,28?/m0/s1. The molecule has 1 N–H and O–H groups in total. The van der Waals surface area contributed by atoms with Crippen molar-refractivity contribution in [1.29, 1.82) is 0 Å². The summed E-state index contributed by atoms with van der Waals surface area (Å²) >= 11 is 0. The van der Waals surface area contributed by atoms with E-state index in [1.807, 2.05) is 72.1 Å². The fraction of sp³-hybridized carbons (Fsp3) is 0.438. The number of pyridine rings is 2. The van der Waals surface area contributed by atoms with E-state index < -0.39 is 18.1 Å². The van der Waals surface area contributed by atoms with Gasteiger partial charge in [0.1, 0.15) is 6.04 Å². The molecule has 3 aromatic rings. The number of nitrogens with zero attached hydrogens (tertiary/aromatic N) is 3. The normalized spacial score (nSPS) is 12.8. The smallest absolute Gasteiger partial charge is 0.307 e. The van der Waals surface area contributed by atoms with Crippen molar-refractivity contribution in [2.75, 3.05) is 27.7 Å². The van der Waals surface area contributed by atoms with Crippen LogP contribution in [0.25, 0.3) is 11.1 Å². The second-order valence-corrected chi connectivity index (χ2v) is 11.1. The monoisotopic (exact) mass is 546 g/mol. The van der Waals surface area contributed by atoms with Crippen molar-refractivity contribution in [1.82, 2.24) is 19.8 Å². The van der Waals surface area contributed by atoms with Crippen LogP contribution in [0.3, 0.4) is 0 Å². The third kappa shape index (κ3) is 8.11. The number of ether oxygens (including phenoxy) is 1. The van der Waals surface area contributed by atoms with Gasteiger partial charge in [-0.1, -0.05) is 38.1 Å². The Hall–Kier alpha value is -3.78. The summed E-state index contributed by atoms with van der Waals surface area (Å²) < 4.78 is 6.49. The third-order valence-electron chi connectivity index (χ3n) is 7.03. The second-order valence-electron chi connectivity index (χ2n) is 11.1. The number of amides is 1. The first-order valence-corrected chi connectivity index (χ1v) is 13.7. The van der Waals surface area contributed by atoms with Gasteiger partial charge in [-0.2, -0.15) is 0 Å². The summed E-state index contributed by atoms with van der Waals surface area (Å²) in [5.74, 6) is -0.626.